The highest BCUT2D eigenvalue weighted by Gasteiger charge is 2.11. The number of halogens is 1. The van der Waals surface area contributed by atoms with Crippen molar-refractivity contribution in [3.63, 3.8) is 0 Å². The Bertz CT molecular complexity index is 771. The second-order valence-electron chi connectivity index (χ2n) is 4.28. The average molecular weight is 283 g/mol. The Morgan fingerprint density at radius 2 is 1.95 bits per heavy atom. The van der Waals surface area contributed by atoms with Gasteiger partial charge in [-0.15, -0.1) is 0 Å². The van der Waals surface area contributed by atoms with Gasteiger partial charge >= 0.3 is 0 Å². The van der Waals surface area contributed by atoms with Crippen LogP contribution in [0.2, 0.25) is 0 Å². The molecule has 5 nitrogen and oxygen atoms in total. The van der Waals surface area contributed by atoms with E-state index in [0.717, 1.165) is 11.6 Å². The first-order valence-electron chi connectivity index (χ1n) is 6.16. The van der Waals surface area contributed by atoms with Crippen molar-refractivity contribution in [2.45, 2.75) is 0 Å². The highest BCUT2D eigenvalue weighted by Crippen LogP contribution is 2.21. The van der Waals surface area contributed by atoms with Crippen molar-refractivity contribution in [1.82, 2.24) is 10.1 Å². The van der Waals surface area contributed by atoms with Crippen LogP contribution in [0, 0.1) is 5.82 Å². The summed E-state index contributed by atoms with van der Waals surface area (Å²) in [5, 5.41) is 6.38. The Labute approximate surface area is 119 Å². The van der Waals surface area contributed by atoms with Crippen LogP contribution in [-0.2, 0) is 0 Å². The predicted molar refractivity (Wildman–Crippen MR) is 74.1 cm³/mol. The van der Waals surface area contributed by atoms with Crippen LogP contribution in [0.15, 0.2) is 59.4 Å². The summed E-state index contributed by atoms with van der Waals surface area (Å²) in [5.41, 5.74) is 1.60. The second kappa shape index (κ2) is 5.54. The smallest absolute Gasteiger partial charge is 0.258 e. The minimum Gasteiger partial charge on any atom is -0.338 e. The molecule has 1 N–H and O–H groups in total. The Kier molecular flexibility index (Phi) is 3.42. The van der Waals surface area contributed by atoms with Crippen LogP contribution in [0.3, 0.4) is 0 Å². The van der Waals surface area contributed by atoms with E-state index in [9.17, 15) is 9.18 Å². The number of pyridine rings is 1. The lowest BCUT2D eigenvalue weighted by Gasteiger charge is -2.00. The third kappa shape index (κ3) is 2.94. The molecule has 1 aromatic carbocycles. The quantitative estimate of drug-likeness (QED) is 0.801. The minimum atomic E-state index is -0.474. The van der Waals surface area contributed by atoms with Crippen molar-refractivity contribution in [2.24, 2.45) is 0 Å². The lowest BCUT2D eigenvalue weighted by atomic mass is 10.2. The van der Waals surface area contributed by atoms with Gasteiger partial charge in [0.05, 0.1) is 0 Å². The molecule has 0 fully saturated rings. The molecule has 2 aromatic heterocycles. The van der Waals surface area contributed by atoms with Crippen LogP contribution < -0.4 is 5.32 Å². The topological polar surface area (TPSA) is 68.0 Å². The molecule has 0 unspecified atom stereocenters. The molecule has 0 atom stereocenters. The van der Waals surface area contributed by atoms with E-state index in [1.165, 1.54) is 18.2 Å². The standard InChI is InChI=1S/C15H10FN3O2/c16-12-3-1-2-11(8-12)15(20)18-14-9-13(19-21-14)10-4-6-17-7-5-10/h1-9H,(H,18,20). The molecule has 3 rings (SSSR count). The number of carbonyl (C=O) groups excluding carboxylic acids is 1. The van der Waals surface area contributed by atoms with E-state index in [2.05, 4.69) is 15.5 Å². The number of nitrogens with zero attached hydrogens (tertiary/aromatic N) is 2. The summed E-state index contributed by atoms with van der Waals surface area (Å²) in [6.07, 6.45) is 3.27. The zero-order chi connectivity index (χ0) is 14.7. The molecule has 0 bridgehead atoms. The van der Waals surface area contributed by atoms with Gasteiger partial charge in [-0.25, -0.2) is 4.39 Å². The lowest BCUT2D eigenvalue weighted by molar-refractivity contribution is 0.102. The Morgan fingerprint density at radius 3 is 2.71 bits per heavy atom. The summed E-state index contributed by atoms with van der Waals surface area (Å²) >= 11 is 0. The van der Waals surface area contributed by atoms with Crippen LogP contribution in [0.1, 0.15) is 10.4 Å². The Morgan fingerprint density at radius 1 is 1.14 bits per heavy atom. The first-order valence-corrected chi connectivity index (χ1v) is 6.16. The molecule has 104 valence electrons. The maximum absolute atomic E-state index is 13.1. The van der Waals surface area contributed by atoms with Gasteiger partial charge in [0, 0.05) is 29.6 Å². The molecule has 0 spiro atoms. The average Bonchev–Trinajstić information content (AvgIpc) is 2.97. The van der Waals surface area contributed by atoms with E-state index in [-0.39, 0.29) is 11.4 Å². The van der Waals surface area contributed by atoms with Gasteiger partial charge in [-0.3, -0.25) is 15.1 Å². The highest BCUT2D eigenvalue weighted by molar-refractivity contribution is 6.03. The molecule has 2 heterocycles. The van der Waals surface area contributed by atoms with Crippen LogP contribution in [-0.4, -0.2) is 16.0 Å². The van der Waals surface area contributed by atoms with Crippen LogP contribution in [0.4, 0.5) is 10.3 Å². The second-order valence-corrected chi connectivity index (χ2v) is 4.28. The van der Waals surface area contributed by atoms with E-state index in [1.54, 1.807) is 30.6 Å². The van der Waals surface area contributed by atoms with Gasteiger partial charge in [0.2, 0.25) is 5.88 Å². The summed E-state index contributed by atoms with van der Waals surface area (Å²) in [7, 11) is 0. The maximum Gasteiger partial charge on any atom is 0.258 e. The van der Waals surface area contributed by atoms with Crippen LogP contribution in [0.5, 0.6) is 0 Å². The molecule has 0 saturated heterocycles. The van der Waals surface area contributed by atoms with Crippen molar-refractivity contribution in [3.05, 3.63) is 66.2 Å². The SMILES string of the molecule is O=C(Nc1cc(-c2ccncc2)no1)c1cccc(F)c1. The van der Waals surface area contributed by atoms with Crippen molar-refractivity contribution in [2.75, 3.05) is 5.32 Å². The molecule has 3 aromatic rings. The number of amides is 1. The number of carbonyl (C=O) groups is 1. The van der Waals surface area contributed by atoms with Gasteiger partial charge in [0.1, 0.15) is 11.5 Å². The molecule has 6 heteroatoms. The fraction of sp³-hybridized carbons (Fsp3) is 0. The van der Waals surface area contributed by atoms with Crippen molar-refractivity contribution in [3.8, 4) is 11.3 Å². The molecule has 0 aliphatic carbocycles. The van der Waals surface area contributed by atoms with Gasteiger partial charge in [-0.05, 0) is 30.3 Å². The summed E-state index contributed by atoms with van der Waals surface area (Å²) in [6.45, 7) is 0. The fourth-order valence-corrected chi connectivity index (χ4v) is 1.81. The van der Waals surface area contributed by atoms with Crippen molar-refractivity contribution >= 4 is 11.8 Å². The zero-order valence-corrected chi connectivity index (χ0v) is 10.8. The maximum atomic E-state index is 13.1. The number of nitrogens with one attached hydrogen (secondary N) is 1. The number of rotatable bonds is 3. The van der Waals surface area contributed by atoms with Gasteiger partial charge < -0.3 is 4.52 Å². The minimum absolute atomic E-state index is 0.191. The van der Waals surface area contributed by atoms with Gasteiger partial charge in [-0.2, -0.15) is 0 Å². The molecule has 0 saturated carbocycles. The number of hydrogen-bond acceptors (Lipinski definition) is 4. The van der Waals surface area contributed by atoms with E-state index in [4.69, 9.17) is 4.52 Å². The number of hydrogen-bond donors (Lipinski definition) is 1. The molecule has 21 heavy (non-hydrogen) atoms. The molecule has 0 aliphatic rings. The van der Waals surface area contributed by atoms with Crippen molar-refractivity contribution in [1.29, 1.82) is 0 Å². The van der Waals surface area contributed by atoms with Gasteiger partial charge in [-0.1, -0.05) is 11.2 Å². The fourth-order valence-electron chi connectivity index (χ4n) is 1.81. The van der Waals surface area contributed by atoms with E-state index >= 15 is 0 Å². The third-order valence-corrected chi connectivity index (χ3v) is 2.81. The molecular weight excluding hydrogens is 273 g/mol. The summed E-state index contributed by atoms with van der Waals surface area (Å²) < 4.78 is 18.1. The number of benzene rings is 1. The van der Waals surface area contributed by atoms with E-state index < -0.39 is 11.7 Å². The van der Waals surface area contributed by atoms with Crippen LogP contribution in [0.25, 0.3) is 11.3 Å². The zero-order valence-electron chi connectivity index (χ0n) is 10.8. The molecule has 0 aliphatic heterocycles. The van der Waals surface area contributed by atoms with Crippen LogP contribution >= 0.6 is 0 Å². The number of aromatic nitrogens is 2. The largest absolute Gasteiger partial charge is 0.338 e. The summed E-state index contributed by atoms with van der Waals surface area (Å²) in [6, 6.07) is 10.5. The Balaban J connectivity index is 1.77. The third-order valence-electron chi connectivity index (χ3n) is 2.81. The first-order chi connectivity index (χ1) is 10.2. The number of anilines is 1. The van der Waals surface area contributed by atoms with Gasteiger partial charge in [0.15, 0.2) is 0 Å². The summed E-state index contributed by atoms with van der Waals surface area (Å²) in [4.78, 5) is 15.8. The Hall–Kier alpha value is -3.02. The first kappa shape index (κ1) is 13.0. The van der Waals surface area contributed by atoms with E-state index in [1.807, 2.05) is 0 Å². The van der Waals surface area contributed by atoms with E-state index in [0.29, 0.717) is 5.69 Å². The molecule has 0 radical (unpaired) electrons. The monoisotopic (exact) mass is 283 g/mol. The van der Waals surface area contributed by atoms with Crippen molar-refractivity contribution < 1.29 is 13.7 Å². The lowest BCUT2D eigenvalue weighted by Crippen LogP contribution is -2.11. The highest BCUT2D eigenvalue weighted by atomic mass is 19.1. The molecule has 1 amide bonds. The molecular formula is C15H10FN3O2. The predicted octanol–water partition coefficient (Wildman–Crippen LogP) is 3.13. The summed E-state index contributed by atoms with van der Waals surface area (Å²) in [5.74, 6) is -0.749. The van der Waals surface area contributed by atoms with Gasteiger partial charge in [0.25, 0.3) is 5.91 Å². The normalized spacial score (nSPS) is 10.3.